The Kier molecular flexibility index (Phi) is 11.4. The predicted molar refractivity (Wildman–Crippen MR) is 119 cm³/mol. The van der Waals surface area contributed by atoms with Crippen LogP contribution in [0, 0.1) is 0 Å². The molecule has 0 aliphatic heterocycles. The highest BCUT2D eigenvalue weighted by atomic mass is 32.1. The lowest BCUT2D eigenvalue weighted by Crippen LogP contribution is -2.21. The minimum atomic E-state index is -2.95. The zero-order valence-electron chi connectivity index (χ0n) is 17.6. The second kappa shape index (κ2) is 12.3. The van der Waals surface area contributed by atoms with Crippen LogP contribution in [-0.4, -0.2) is 31.6 Å². The molecule has 0 aliphatic rings. The van der Waals surface area contributed by atoms with E-state index < -0.39 is 12.5 Å². The Morgan fingerprint density at radius 2 is 1.86 bits per heavy atom. The highest BCUT2D eigenvalue weighted by molar-refractivity contribution is 7.84. The normalized spacial score (nSPS) is 14.8. The number of nitrogens with zero attached hydrogens (tertiary/aromatic N) is 2. The van der Waals surface area contributed by atoms with Crippen LogP contribution in [0.5, 0.6) is 0 Å². The number of allylic oxidation sites excluding steroid dienone is 4. The van der Waals surface area contributed by atoms with Crippen LogP contribution in [-0.2, 0) is 4.74 Å². The molecule has 0 aromatic carbocycles. The first-order valence-electron chi connectivity index (χ1n) is 8.89. The number of alkyl halides is 2. The fraction of sp³-hybridized carbons (Fsp3) is 0.429. The maximum Gasteiger partial charge on any atom is 0.278 e. The standard InChI is InChI=1S/C21H31F2N3OS/c1-9-14(4)19(20(28)18(11-3)27-13-21(7,22)23)26-16(6)25-15(5)17(10-2)12-24-8/h10-12,28H,4-5,9,13H2,1-3,6-8H3,(H,25,26)/b17-10+,18-11+,20-19-,24-12?. The maximum atomic E-state index is 13.2. The lowest BCUT2D eigenvalue weighted by molar-refractivity contribution is -0.0419. The van der Waals surface area contributed by atoms with Crippen LogP contribution >= 0.6 is 12.6 Å². The van der Waals surface area contributed by atoms with Crippen LogP contribution in [0.2, 0.25) is 0 Å². The number of nitrogens with one attached hydrogen (secondary N) is 1. The molecule has 0 fully saturated rings. The molecule has 0 radical (unpaired) electrons. The molecule has 0 unspecified atom stereocenters. The van der Waals surface area contributed by atoms with Gasteiger partial charge in [-0.1, -0.05) is 26.2 Å². The number of rotatable bonds is 10. The molecule has 0 spiro atoms. The average Bonchev–Trinajstić information content (AvgIpc) is 2.62. The van der Waals surface area contributed by atoms with Gasteiger partial charge in [0.25, 0.3) is 5.92 Å². The van der Waals surface area contributed by atoms with Crippen molar-refractivity contribution in [2.45, 2.75) is 47.0 Å². The molecule has 0 rings (SSSR count). The molecule has 7 heteroatoms. The first-order chi connectivity index (χ1) is 13.0. The van der Waals surface area contributed by atoms with E-state index in [2.05, 4.69) is 41.1 Å². The van der Waals surface area contributed by atoms with E-state index in [-0.39, 0.29) is 5.76 Å². The van der Waals surface area contributed by atoms with Gasteiger partial charge in [0, 0.05) is 31.5 Å². The van der Waals surface area contributed by atoms with Gasteiger partial charge >= 0.3 is 0 Å². The highest BCUT2D eigenvalue weighted by Crippen LogP contribution is 2.28. The summed E-state index contributed by atoms with van der Waals surface area (Å²) in [6, 6.07) is 0. The summed E-state index contributed by atoms with van der Waals surface area (Å²) in [7, 11) is 1.68. The lowest BCUT2D eigenvalue weighted by atomic mass is 10.1. The predicted octanol–water partition coefficient (Wildman–Crippen LogP) is 5.84. The van der Waals surface area contributed by atoms with E-state index in [1.165, 1.54) is 0 Å². The largest absolute Gasteiger partial charge is 0.486 e. The van der Waals surface area contributed by atoms with Gasteiger partial charge in [-0.15, -0.1) is 12.6 Å². The molecule has 1 N–H and O–H groups in total. The Bertz CT molecular complexity index is 726. The molecule has 156 valence electrons. The molecular weight excluding hydrogens is 380 g/mol. The number of thiol groups is 1. The van der Waals surface area contributed by atoms with E-state index in [9.17, 15) is 8.78 Å². The van der Waals surface area contributed by atoms with Crippen molar-refractivity contribution in [3.05, 3.63) is 58.5 Å². The summed E-state index contributed by atoms with van der Waals surface area (Å²) in [5, 5.41) is 3.10. The van der Waals surface area contributed by atoms with Gasteiger partial charge in [-0.25, -0.2) is 13.8 Å². The summed E-state index contributed by atoms with van der Waals surface area (Å²) in [5.41, 5.74) is 2.61. The summed E-state index contributed by atoms with van der Waals surface area (Å²) in [6.07, 6.45) is 5.74. The number of aliphatic imine (C=N–C) groups is 2. The van der Waals surface area contributed by atoms with Gasteiger partial charge in [0.2, 0.25) is 0 Å². The lowest BCUT2D eigenvalue weighted by Gasteiger charge is -2.17. The summed E-state index contributed by atoms with van der Waals surface area (Å²) in [5.74, 6) is -2.19. The van der Waals surface area contributed by atoms with Crippen LogP contribution in [0.4, 0.5) is 8.78 Å². The third-order valence-electron chi connectivity index (χ3n) is 3.50. The second-order valence-electron chi connectivity index (χ2n) is 6.10. The molecule has 0 aliphatic carbocycles. The Hall–Kier alpha value is -2.15. The van der Waals surface area contributed by atoms with E-state index in [1.54, 1.807) is 33.2 Å². The van der Waals surface area contributed by atoms with Crippen molar-refractivity contribution >= 4 is 24.7 Å². The summed E-state index contributed by atoms with van der Waals surface area (Å²) >= 11 is 4.47. The average molecular weight is 412 g/mol. The minimum Gasteiger partial charge on any atom is -0.486 e. The van der Waals surface area contributed by atoms with Gasteiger partial charge in [-0.2, -0.15) is 0 Å². The van der Waals surface area contributed by atoms with Crippen molar-refractivity contribution in [2.24, 2.45) is 9.98 Å². The number of hydrogen-bond acceptors (Lipinski definition) is 4. The van der Waals surface area contributed by atoms with E-state index in [4.69, 9.17) is 4.74 Å². The minimum absolute atomic E-state index is 0.220. The van der Waals surface area contributed by atoms with Crippen molar-refractivity contribution in [1.82, 2.24) is 5.32 Å². The van der Waals surface area contributed by atoms with Crippen LogP contribution in [0.1, 0.15) is 41.0 Å². The molecule has 0 saturated heterocycles. The molecular formula is C21H31F2N3OS. The first kappa shape index (κ1) is 25.9. The van der Waals surface area contributed by atoms with Gasteiger partial charge in [-0.3, -0.25) is 4.99 Å². The summed E-state index contributed by atoms with van der Waals surface area (Å²) in [4.78, 5) is 8.87. The monoisotopic (exact) mass is 411 g/mol. The molecule has 0 aromatic heterocycles. The van der Waals surface area contributed by atoms with Gasteiger partial charge < -0.3 is 10.1 Å². The van der Waals surface area contributed by atoms with Gasteiger partial charge in [0.15, 0.2) is 6.61 Å². The number of hydrogen-bond donors (Lipinski definition) is 2. The molecule has 28 heavy (non-hydrogen) atoms. The molecule has 0 bridgehead atoms. The molecule has 0 heterocycles. The van der Waals surface area contributed by atoms with Gasteiger partial charge in [0.05, 0.1) is 10.6 Å². The fourth-order valence-corrected chi connectivity index (χ4v) is 2.43. The van der Waals surface area contributed by atoms with E-state index in [0.29, 0.717) is 34.1 Å². The molecule has 0 amide bonds. The van der Waals surface area contributed by atoms with E-state index in [1.807, 2.05) is 19.9 Å². The van der Waals surface area contributed by atoms with Crippen molar-refractivity contribution in [3.63, 3.8) is 0 Å². The van der Waals surface area contributed by atoms with E-state index >= 15 is 0 Å². The zero-order valence-corrected chi connectivity index (χ0v) is 18.5. The smallest absolute Gasteiger partial charge is 0.278 e. The van der Waals surface area contributed by atoms with Crippen LogP contribution < -0.4 is 5.32 Å². The number of ether oxygens (including phenoxy) is 1. The Balaban J connectivity index is 5.83. The second-order valence-corrected chi connectivity index (χ2v) is 6.55. The van der Waals surface area contributed by atoms with Gasteiger partial charge in [0.1, 0.15) is 11.6 Å². The number of halogens is 2. The summed E-state index contributed by atoms with van der Waals surface area (Å²) in [6.45, 7) is 15.3. The Labute approximate surface area is 173 Å². The van der Waals surface area contributed by atoms with E-state index in [0.717, 1.165) is 12.5 Å². The number of amidine groups is 1. The van der Waals surface area contributed by atoms with Crippen molar-refractivity contribution < 1.29 is 13.5 Å². The SMILES string of the molecule is C=C(NC(C)=N/C(C(=C)CC)=C(S)/C(=C\C)OCC(C)(F)F)/C(C=NC)=C/C. The molecule has 4 nitrogen and oxygen atoms in total. The van der Waals surface area contributed by atoms with Crippen molar-refractivity contribution in [3.8, 4) is 0 Å². The molecule has 0 atom stereocenters. The van der Waals surface area contributed by atoms with Crippen LogP contribution in [0.25, 0.3) is 0 Å². The van der Waals surface area contributed by atoms with Crippen LogP contribution in [0.3, 0.4) is 0 Å². The summed E-state index contributed by atoms with van der Waals surface area (Å²) < 4.78 is 31.6. The maximum absolute atomic E-state index is 13.2. The van der Waals surface area contributed by atoms with Crippen LogP contribution in [0.15, 0.2) is 68.5 Å². The van der Waals surface area contributed by atoms with Crippen molar-refractivity contribution in [2.75, 3.05) is 13.7 Å². The third kappa shape index (κ3) is 9.17. The Morgan fingerprint density at radius 1 is 1.25 bits per heavy atom. The fourth-order valence-electron chi connectivity index (χ4n) is 2.03. The van der Waals surface area contributed by atoms with Gasteiger partial charge in [-0.05, 0) is 38.8 Å². The van der Waals surface area contributed by atoms with Crippen molar-refractivity contribution in [1.29, 1.82) is 0 Å². The molecule has 0 saturated carbocycles. The first-order valence-corrected chi connectivity index (χ1v) is 9.34. The Morgan fingerprint density at radius 3 is 2.29 bits per heavy atom. The third-order valence-corrected chi connectivity index (χ3v) is 3.93. The molecule has 0 aromatic rings. The highest BCUT2D eigenvalue weighted by Gasteiger charge is 2.23. The zero-order chi connectivity index (χ0) is 21.9. The quantitative estimate of drug-likeness (QED) is 0.156. The topological polar surface area (TPSA) is 46.0 Å².